The van der Waals surface area contributed by atoms with Gasteiger partial charge in [0.25, 0.3) is 0 Å². The molecule has 1 unspecified atom stereocenters. The number of para-hydroxylation sites is 2. The number of rotatable bonds is 5. The number of carbonyl (C=O) groups is 1. The molecule has 0 bridgehead atoms. The van der Waals surface area contributed by atoms with Crippen LogP contribution in [0.1, 0.15) is 11.7 Å². The van der Waals surface area contributed by atoms with Gasteiger partial charge in [-0.15, -0.1) is 0 Å². The quantitative estimate of drug-likeness (QED) is 0.261. The van der Waals surface area contributed by atoms with E-state index in [1.165, 1.54) is 11.8 Å². The predicted octanol–water partition coefficient (Wildman–Crippen LogP) is 7.67. The average molecular weight is 474 g/mol. The highest BCUT2D eigenvalue weighted by molar-refractivity contribution is 8.00. The molecule has 2 aromatic heterocycles. The number of fused-ring (bicyclic) bond motifs is 3. The molecule has 0 aliphatic heterocycles. The Hall–Kier alpha value is -4.09. The van der Waals surface area contributed by atoms with Crippen LogP contribution in [0.15, 0.2) is 114 Å². The second-order valence-corrected chi connectivity index (χ2v) is 9.80. The van der Waals surface area contributed by atoms with Crippen LogP contribution in [0.3, 0.4) is 0 Å². The van der Waals surface area contributed by atoms with Crippen LogP contribution in [0.2, 0.25) is 0 Å². The van der Waals surface area contributed by atoms with E-state index in [1.807, 2.05) is 84.3 Å². The minimum absolute atomic E-state index is 0.0336. The van der Waals surface area contributed by atoms with Gasteiger partial charge in [0, 0.05) is 21.9 Å². The van der Waals surface area contributed by atoms with Crippen molar-refractivity contribution in [2.75, 3.05) is 0 Å². The SMILES string of the molecule is CC(Sc1nc(-c2ccccc2)c(-c2ccccc2)[nH]1)C(=O)n1c2ccccc2c2ccccc21. The topological polar surface area (TPSA) is 50.7 Å². The lowest BCUT2D eigenvalue weighted by atomic mass is 10.1. The van der Waals surface area contributed by atoms with E-state index in [0.29, 0.717) is 0 Å². The largest absolute Gasteiger partial charge is 0.332 e. The van der Waals surface area contributed by atoms with E-state index in [2.05, 4.69) is 41.4 Å². The van der Waals surface area contributed by atoms with Crippen LogP contribution in [0, 0.1) is 0 Å². The normalized spacial score (nSPS) is 12.3. The fourth-order valence-corrected chi connectivity index (χ4v) is 5.43. The number of imidazole rings is 1. The van der Waals surface area contributed by atoms with Crippen LogP contribution in [-0.4, -0.2) is 25.7 Å². The molecule has 0 aliphatic rings. The molecule has 4 nitrogen and oxygen atoms in total. The lowest BCUT2D eigenvalue weighted by molar-refractivity contribution is 0.0925. The number of hydrogen-bond acceptors (Lipinski definition) is 3. The van der Waals surface area contributed by atoms with E-state index in [-0.39, 0.29) is 11.2 Å². The van der Waals surface area contributed by atoms with Crippen LogP contribution < -0.4 is 0 Å². The second-order valence-electron chi connectivity index (χ2n) is 8.47. The van der Waals surface area contributed by atoms with Gasteiger partial charge < -0.3 is 4.98 Å². The summed E-state index contributed by atoms with van der Waals surface area (Å²) in [7, 11) is 0. The van der Waals surface area contributed by atoms with Gasteiger partial charge in [-0.25, -0.2) is 4.98 Å². The molecule has 0 aliphatic carbocycles. The van der Waals surface area contributed by atoms with Gasteiger partial charge in [-0.05, 0) is 19.1 Å². The van der Waals surface area contributed by atoms with Crippen molar-refractivity contribution in [3.05, 3.63) is 109 Å². The Morgan fingerprint density at radius 2 is 1.26 bits per heavy atom. The first-order valence-electron chi connectivity index (χ1n) is 11.6. The molecule has 4 aromatic carbocycles. The fourth-order valence-electron chi connectivity index (χ4n) is 4.59. The predicted molar refractivity (Wildman–Crippen MR) is 145 cm³/mol. The van der Waals surface area contributed by atoms with E-state index in [9.17, 15) is 4.79 Å². The van der Waals surface area contributed by atoms with Crippen molar-refractivity contribution in [1.82, 2.24) is 14.5 Å². The summed E-state index contributed by atoms with van der Waals surface area (Å²) in [6.45, 7) is 1.95. The summed E-state index contributed by atoms with van der Waals surface area (Å²) in [5.41, 5.74) is 5.80. The van der Waals surface area contributed by atoms with Crippen molar-refractivity contribution in [2.45, 2.75) is 17.3 Å². The van der Waals surface area contributed by atoms with Crippen LogP contribution >= 0.6 is 11.8 Å². The minimum Gasteiger partial charge on any atom is -0.332 e. The molecule has 0 saturated heterocycles. The number of aromatic amines is 1. The van der Waals surface area contributed by atoms with Crippen molar-refractivity contribution in [1.29, 1.82) is 0 Å². The monoisotopic (exact) mass is 473 g/mol. The molecule has 35 heavy (non-hydrogen) atoms. The zero-order valence-corrected chi connectivity index (χ0v) is 20.0. The van der Waals surface area contributed by atoms with E-state index in [1.54, 1.807) is 0 Å². The molecule has 0 radical (unpaired) electrons. The van der Waals surface area contributed by atoms with Crippen molar-refractivity contribution in [2.24, 2.45) is 0 Å². The first-order chi connectivity index (χ1) is 17.2. The number of nitrogens with one attached hydrogen (secondary N) is 1. The summed E-state index contributed by atoms with van der Waals surface area (Å²) in [4.78, 5) is 22.2. The maximum Gasteiger partial charge on any atom is 0.244 e. The molecule has 0 spiro atoms. The van der Waals surface area contributed by atoms with Gasteiger partial charge in [0.2, 0.25) is 5.91 Å². The van der Waals surface area contributed by atoms with Gasteiger partial charge in [-0.3, -0.25) is 9.36 Å². The summed E-state index contributed by atoms with van der Waals surface area (Å²) in [6.07, 6.45) is 0. The molecule has 6 rings (SSSR count). The van der Waals surface area contributed by atoms with E-state index in [0.717, 1.165) is 49.5 Å². The first-order valence-corrected chi connectivity index (χ1v) is 12.5. The van der Waals surface area contributed by atoms with Gasteiger partial charge in [0.05, 0.1) is 27.7 Å². The number of benzene rings is 4. The zero-order chi connectivity index (χ0) is 23.8. The Labute approximate surface area is 207 Å². The average Bonchev–Trinajstić information content (AvgIpc) is 3.49. The molecule has 5 heteroatoms. The molecule has 170 valence electrons. The number of thioether (sulfide) groups is 1. The Bertz CT molecular complexity index is 1540. The van der Waals surface area contributed by atoms with Crippen molar-refractivity contribution in [3.8, 4) is 22.5 Å². The summed E-state index contributed by atoms with van der Waals surface area (Å²) in [5.74, 6) is 0.0336. The number of aromatic nitrogens is 3. The molecule has 0 saturated carbocycles. The molecule has 1 N–H and O–H groups in total. The maximum atomic E-state index is 13.8. The molecular formula is C30H23N3OS. The third kappa shape index (κ3) is 3.84. The molecule has 1 atom stereocenters. The summed E-state index contributed by atoms with van der Waals surface area (Å²) in [6, 6.07) is 36.5. The van der Waals surface area contributed by atoms with Crippen molar-refractivity contribution >= 4 is 39.5 Å². The van der Waals surface area contributed by atoms with Crippen molar-refractivity contribution < 1.29 is 4.79 Å². The lowest BCUT2D eigenvalue weighted by Crippen LogP contribution is -2.21. The molecular weight excluding hydrogens is 450 g/mol. The fraction of sp³-hybridized carbons (Fsp3) is 0.0667. The summed E-state index contributed by atoms with van der Waals surface area (Å²) in [5, 5.41) is 2.56. The molecule has 0 amide bonds. The van der Waals surface area contributed by atoms with E-state index >= 15 is 0 Å². The maximum absolute atomic E-state index is 13.8. The minimum atomic E-state index is -0.340. The van der Waals surface area contributed by atoms with E-state index < -0.39 is 0 Å². The highest BCUT2D eigenvalue weighted by Gasteiger charge is 2.24. The van der Waals surface area contributed by atoms with Gasteiger partial charge in [0.1, 0.15) is 0 Å². The smallest absolute Gasteiger partial charge is 0.244 e. The second kappa shape index (κ2) is 8.93. The Morgan fingerprint density at radius 1 is 0.743 bits per heavy atom. The third-order valence-electron chi connectivity index (χ3n) is 6.23. The van der Waals surface area contributed by atoms with Crippen LogP contribution in [0.4, 0.5) is 0 Å². The van der Waals surface area contributed by atoms with Gasteiger partial charge in [0.15, 0.2) is 5.16 Å². The lowest BCUT2D eigenvalue weighted by Gasteiger charge is -2.11. The van der Waals surface area contributed by atoms with Crippen LogP contribution in [-0.2, 0) is 0 Å². The van der Waals surface area contributed by atoms with Gasteiger partial charge in [-0.1, -0.05) is 109 Å². The summed E-state index contributed by atoms with van der Waals surface area (Å²) < 4.78 is 1.85. The Morgan fingerprint density at radius 3 is 1.86 bits per heavy atom. The third-order valence-corrected chi connectivity index (χ3v) is 7.20. The van der Waals surface area contributed by atoms with E-state index in [4.69, 9.17) is 4.98 Å². The zero-order valence-electron chi connectivity index (χ0n) is 19.2. The Balaban J connectivity index is 1.39. The standard InChI is InChI=1S/C30H23N3OS/c1-20(29(34)33-25-18-10-8-16-23(25)24-17-9-11-19-26(24)33)35-30-31-27(21-12-4-2-5-13-21)28(32-30)22-14-6-3-7-15-22/h2-20H,1H3,(H,31,32). The summed E-state index contributed by atoms with van der Waals surface area (Å²) >= 11 is 1.45. The molecule has 0 fully saturated rings. The number of hydrogen-bond donors (Lipinski definition) is 1. The molecule has 6 aromatic rings. The number of H-pyrrole nitrogens is 1. The van der Waals surface area contributed by atoms with Crippen molar-refractivity contribution in [3.63, 3.8) is 0 Å². The molecule has 2 heterocycles. The highest BCUT2D eigenvalue weighted by atomic mass is 32.2. The number of nitrogens with zero attached hydrogens (tertiary/aromatic N) is 2. The first kappa shape index (κ1) is 21.4. The number of carbonyl (C=O) groups excluding carboxylic acids is 1. The highest BCUT2D eigenvalue weighted by Crippen LogP contribution is 2.35. The van der Waals surface area contributed by atoms with Crippen LogP contribution in [0.25, 0.3) is 44.3 Å². The Kier molecular flexibility index (Phi) is 5.47. The van der Waals surface area contributed by atoms with Gasteiger partial charge >= 0.3 is 0 Å². The van der Waals surface area contributed by atoms with Crippen LogP contribution in [0.5, 0.6) is 0 Å². The van der Waals surface area contributed by atoms with Gasteiger partial charge in [-0.2, -0.15) is 0 Å².